The zero-order valence-corrected chi connectivity index (χ0v) is 17.9. The number of nitrogens with zero attached hydrogens (tertiary/aromatic N) is 3. The molecule has 0 fully saturated rings. The zero-order valence-electron chi connectivity index (χ0n) is 15.5. The first-order valence-corrected chi connectivity index (χ1v) is 10.5. The first-order valence-electron chi connectivity index (χ1n) is 9.32. The van der Waals surface area contributed by atoms with Gasteiger partial charge in [-0.05, 0) is 48.0 Å². The van der Waals surface area contributed by atoms with Crippen molar-refractivity contribution in [2.75, 3.05) is 0 Å². The second-order valence-corrected chi connectivity index (χ2v) is 8.51. The number of hydrogen-bond donors (Lipinski definition) is 0. The highest BCUT2D eigenvalue weighted by Crippen LogP contribution is 2.48. The van der Waals surface area contributed by atoms with E-state index in [1.54, 1.807) is 12.1 Å². The normalized spacial score (nSPS) is 19.5. The lowest BCUT2D eigenvalue weighted by Gasteiger charge is -2.38. The van der Waals surface area contributed by atoms with Gasteiger partial charge in [0.15, 0.2) is 0 Å². The fourth-order valence-electron chi connectivity index (χ4n) is 3.86. The molecule has 2 aliphatic rings. The van der Waals surface area contributed by atoms with Crippen LogP contribution < -0.4 is 4.74 Å². The summed E-state index contributed by atoms with van der Waals surface area (Å²) in [5.74, 6) is 0.787. The summed E-state index contributed by atoms with van der Waals surface area (Å²) in [7, 11) is 0. The smallest absolute Gasteiger partial charge is 0.269 e. The van der Waals surface area contributed by atoms with Crippen LogP contribution in [0, 0.1) is 10.1 Å². The van der Waals surface area contributed by atoms with Crippen molar-refractivity contribution in [1.82, 2.24) is 5.01 Å². The van der Waals surface area contributed by atoms with Crippen molar-refractivity contribution in [1.29, 1.82) is 0 Å². The molecule has 0 spiro atoms. The predicted molar refractivity (Wildman–Crippen MR) is 118 cm³/mol. The maximum Gasteiger partial charge on any atom is 0.269 e. The molecule has 0 saturated carbocycles. The quantitative estimate of drug-likeness (QED) is 0.325. The number of nitro groups is 1. The molecular weight excluding hydrogens is 470 g/mol. The highest BCUT2D eigenvalue weighted by Gasteiger charge is 2.41. The summed E-state index contributed by atoms with van der Waals surface area (Å²) in [6.07, 6.45) is 0.243. The van der Waals surface area contributed by atoms with Crippen LogP contribution in [0.1, 0.15) is 35.4 Å². The number of nitro benzene ring substituents is 1. The van der Waals surface area contributed by atoms with Crippen molar-refractivity contribution in [2.24, 2.45) is 5.10 Å². The molecule has 2 aliphatic heterocycles. The van der Waals surface area contributed by atoms with Crippen LogP contribution in [0.4, 0.5) is 5.69 Å². The van der Waals surface area contributed by atoms with E-state index in [0.29, 0.717) is 5.02 Å². The minimum atomic E-state index is -0.478. The van der Waals surface area contributed by atoms with Crippen LogP contribution in [0.2, 0.25) is 5.02 Å². The lowest BCUT2D eigenvalue weighted by molar-refractivity contribution is -0.384. The molecule has 0 amide bonds. The maximum absolute atomic E-state index is 11.0. The molecular formula is C22H15BrClN3O3. The first-order chi connectivity index (χ1) is 14.5. The average Bonchev–Trinajstić information content (AvgIpc) is 3.19. The van der Waals surface area contributed by atoms with Crippen LogP contribution in [-0.2, 0) is 0 Å². The number of hydrazone groups is 1. The van der Waals surface area contributed by atoms with Gasteiger partial charge in [0.25, 0.3) is 5.69 Å². The van der Waals surface area contributed by atoms with E-state index in [1.807, 2.05) is 41.4 Å². The number of rotatable bonds is 3. The molecule has 5 rings (SSSR count). The molecule has 0 aromatic heterocycles. The van der Waals surface area contributed by atoms with Crippen LogP contribution in [0.25, 0.3) is 0 Å². The monoisotopic (exact) mass is 483 g/mol. The summed E-state index contributed by atoms with van der Waals surface area (Å²) < 4.78 is 7.27. The van der Waals surface area contributed by atoms with Crippen molar-refractivity contribution in [2.45, 2.75) is 18.7 Å². The Bertz CT molecular complexity index is 1170. The summed E-state index contributed by atoms with van der Waals surface area (Å²) in [5, 5.41) is 18.5. The van der Waals surface area contributed by atoms with E-state index in [-0.39, 0.29) is 11.7 Å². The third-order valence-electron chi connectivity index (χ3n) is 5.32. The fourth-order valence-corrected chi connectivity index (χ4v) is 4.36. The minimum absolute atomic E-state index is 0.00267. The molecule has 0 bridgehead atoms. The van der Waals surface area contributed by atoms with Gasteiger partial charge in [0.05, 0.1) is 16.7 Å². The van der Waals surface area contributed by atoms with Gasteiger partial charge in [-0.1, -0.05) is 39.7 Å². The largest absolute Gasteiger partial charge is 0.464 e. The van der Waals surface area contributed by atoms with Gasteiger partial charge in [-0.3, -0.25) is 10.1 Å². The van der Waals surface area contributed by atoms with Crippen molar-refractivity contribution in [3.05, 3.63) is 103 Å². The Kier molecular flexibility index (Phi) is 4.72. The van der Waals surface area contributed by atoms with Crippen LogP contribution in [-0.4, -0.2) is 15.6 Å². The standard InChI is InChI=1S/C22H15BrClN3O3/c23-15-5-10-21-18(11-15)20-12-19(13-1-6-16(24)7-2-13)25-26(20)22(30-21)14-3-8-17(9-4-14)27(28)29/h1-11,20,22H,12H2. The SMILES string of the molecule is O=[N+]([O-])c1ccc(C2Oc3ccc(Br)cc3C3CC(c4ccc(Cl)cc4)=NN32)cc1. The summed E-state index contributed by atoms with van der Waals surface area (Å²) in [4.78, 5) is 10.6. The third-order valence-corrected chi connectivity index (χ3v) is 6.06. The first kappa shape index (κ1) is 19.1. The topological polar surface area (TPSA) is 68.0 Å². The average molecular weight is 485 g/mol. The lowest BCUT2D eigenvalue weighted by Crippen LogP contribution is -2.33. The van der Waals surface area contributed by atoms with E-state index in [1.165, 1.54) is 12.1 Å². The number of halogens is 2. The summed E-state index contributed by atoms with van der Waals surface area (Å²) in [5.41, 5.74) is 3.85. The molecule has 6 nitrogen and oxygen atoms in total. The highest BCUT2D eigenvalue weighted by atomic mass is 79.9. The summed E-state index contributed by atoms with van der Waals surface area (Å²) >= 11 is 9.59. The molecule has 0 aliphatic carbocycles. The van der Waals surface area contributed by atoms with Crippen molar-refractivity contribution >= 4 is 38.9 Å². The van der Waals surface area contributed by atoms with E-state index < -0.39 is 11.2 Å². The molecule has 30 heavy (non-hydrogen) atoms. The summed E-state index contributed by atoms with van der Waals surface area (Å²) in [6.45, 7) is 0. The van der Waals surface area contributed by atoms with Crippen molar-refractivity contribution in [3.8, 4) is 5.75 Å². The molecule has 2 unspecified atom stereocenters. The van der Waals surface area contributed by atoms with Gasteiger partial charge in [0.1, 0.15) is 5.75 Å². The molecule has 150 valence electrons. The molecule has 0 saturated heterocycles. The molecule has 0 N–H and O–H groups in total. The van der Waals surface area contributed by atoms with Crippen LogP contribution in [0.5, 0.6) is 5.75 Å². The Morgan fingerprint density at radius 2 is 1.83 bits per heavy atom. The zero-order chi connectivity index (χ0) is 20.8. The molecule has 8 heteroatoms. The van der Waals surface area contributed by atoms with Gasteiger partial charge < -0.3 is 4.74 Å². The van der Waals surface area contributed by atoms with Gasteiger partial charge >= 0.3 is 0 Å². The van der Waals surface area contributed by atoms with Gasteiger partial charge in [0, 0.05) is 39.2 Å². The molecule has 2 heterocycles. The van der Waals surface area contributed by atoms with E-state index >= 15 is 0 Å². The lowest BCUT2D eigenvalue weighted by atomic mass is 9.96. The minimum Gasteiger partial charge on any atom is -0.464 e. The maximum atomic E-state index is 11.0. The van der Waals surface area contributed by atoms with Gasteiger partial charge in [0.2, 0.25) is 6.23 Å². The van der Waals surface area contributed by atoms with Crippen molar-refractivity contribution < 1.29 is 9.66 Å². The second kappa shape index (κ2) is 7.41. The van der Waals surface area contributed by atoms with Gasteiger partial charge in [-0.2, -0.15) is 5.10 Å². The van der Waals surface area contributed by atoms with Crippen LogP contribution >= 0.6 is 27.5 Å². The van der Waals surface area contributed by atoms with E-state index in [2.05, 4.69) is 22.0 Å². The predicted octanol–water partition coefficient (Wildman–Crippen LogP) is 6.25. The van der Waals surface area contributed by atoms with Crippen LogP contribution in [0.3, 0.4) is 0 Å². The Balaban J connectivity index is 1.57. The van der Waals surface area contributed by atoms with Gasteiger partial charge in [-0.15, -0.1) is 0 Å². The summed E-state index contributed by atoms with van der Waals surface area (Å²) in [6, 6.07) is 20.0. The highest BCUT2D eigenvalue weighted by molar-refractivity contribution is 9.10. The van der Waals surface area contributed by atoms with E-state index in [9.17, 15) is 10.1 Å². The number of hydrogen-bond acceptors (Lipinski definition) is 5. The van der Waals surface area contributed by atoms with E-state index in [0.717, 1.165) is 39.0 Å². The number of benzene rings is 3. The molecule has 3 aromatic rings. The molecule has 0 radical (unpaired) electrons. The van der Waals surface area contributed by atoms with Crippen LogP contribution in [0.15, 0.2) is 76.3 Å². The molecule has 3 aromatic carbocycles. The Morgan fingerprint density at radius 1 is 1.10 bits per heavy atom. The van der Waals surface area contributed by atoms with Gasteiger partial charge in [-0.25, -0.2) is 5.01 Å². The van der Waals surface area contributed by atoms with Crippen molar-refractivity contribution in [3.63, 3.8) is 0 Å². The third kappa shape index (κ3) is 3.34. The second-order valence-electron chi connectivity index (χ2n) is 7.15. The Morgan fingerprint density at radius 3 is 2.53 bits per heavy atom. The number of non-ortho nitro benzene ring substituents is 1. The Hall–Kier alpha value is -2.90. The van der Waals surface area contributed by atoms with E-state index in [4.69, 9.17) is 21.4 Å². The fraction of sp³-hybridized carbons (Fsp3) is 0.136. The number of fused-ring (bicyclic) bond motifs is 3. The number of ether oxygens (including phenoxy) is 1. The molecule has 2 atom stereocenters. The Labute approximate surface area is 186 Å².